The zero-order chi connectivity index (χ0) is 14.4. The summed E-state index contributed by atoms with van der Waals surface area (Å²) in [6.07, 6.45) is 2.46. The molecular formula is C17H28N2O. The van der Waals surface area contributed by atoms with Gasteiger partial charge >= 0.3 is 0 Å². The molecule has 0 aromatic heterocycles. The molecule has 1 aliphatic heterocycles. The van der Waals surface area contributed by atoms with Crippen molar-refractivity contribution in [3.63, 3.8) is 0 Å². The molecule has 1 saturated heterocycles. The van der Waals surface area contributed by atoms with Gasteiger partial charge in [0.1, 0.15) is 5.75 Å². The quantitative estimate of drug-likeness (QED) is 0.895. The Bertz CT molecular complexity index is 408. The van der Waals surface area contributed by atoms with Gasteiger partial charge in [-0.05, 0) is 31.5 Å². The van der Waals surface area contributed by atoms with Crippen LogP contribution < -0.4 is 10.1 Å². The van der Waals surface area contributed by atoms with Crippen molar-refractivity contribution in [2.45, 2.75) is 39.3 Å². The third kappa shape index (κ3) is 3.97. The molecule has 1 N–H and O–H groups in total. The summed E-state index contributed by atoms with van der Waals surface area (Å²) in [7, 11) is 1.75. The summed E-state index contributed by atoms with van der Waals surface area (Å²) in [4.78, 5) is 2.56. The van der Waals surface area contributed by atoms with Crippen LogP contribution in [0.3, 0.4) is 0 Å². The van der Waals surface area contributed by atoms with Gasteiger partial charge in [-0.1, -0.05) is 38.5 Å². The van der Waals surface area contributed by atoms with E-state index < -0.39 is 0 Å². The Labute approximate surface area is 123 Å². The van der Waals surface area contributed by atoms with Crippen LogP contribution in [0.5, 0.6) is 5.75 Å². The lowest BCUT2D eigenvalue weighted by molar-refractivity contribution is 0.228. The molecule has 2 atom stereocenters. The van der Waals surface area contributed by atoms with E-state index in [0.29, 0.717) is 6.04 Å². The average Bonchev–Trinajstić information content (AvgIpc) is 2.72. The third-order valence-corrected chi connectivity index (χ3v) is 4.43. The lowest BCUT2D eigenvalue weighted by atomic mass is 9.99. The molecule has 0 amide bonds. The van der Waals surface area contributed by atoms with Crippen LogP contribution in [0.1, 0.15) is 32.3 Å². The van der Waals surface area contributed by atoms with Crippen LogP contribution in [0.25, 0.3) is 0 Å². The van der Waals surface area contributed by atoms with Crippen LogP contribution in [-0.4, -0.2) is 37.7 Å². The summed E-state index contributed by atoms with van der Waals surface area (Å²) in [5, 5.41) is 3.70. The Morgan fingerprint density at radius 1 is 1.40 bits per heavy atom. The zero-order valence-corrected chi connectivity index (χ0v) is 13.1. The molecule has 1 fully saturated rings. The Kier molecular flexibility index (Phi) is 5.86. The van der Waals surface area contributed by atoms with E-state index >= 15 is 0 Å². The van der Waals surface area contributed by atoms with Crippen LogP contribution in [0, 0.1) is 5.92 Å². The minimum atomic E-state index is 0.609. The molecule has 0 radical (unpaired) electrons. The maximum atomic E-state index is 5.47. The van der Waals surface area contributed by atoms with Crippen molar-refractivity contribution in [1.29, 1.82) is 0 Å². The zero-order valence-electron chi connectivity index (χ0n) is 13.1. The number of rotatable bonds is 5. The molecule has 1 aliphatic rings. The van der Waals surface area contributed by atoms with Crippen molar-refractivity contribution in [2.24, 2.45) is 5.92 Å². The number of methoxy groups -OCH3 is 1. The standard InChI is InChI=1S/C17H28N2O/c1-4-14(2)16-13-19(11-7-10-18-16)12-15-8-5-6-9-17(15)20-3/h5-6,8-9,14,16,18H,4,7,10-13H2,1-3H3. The highest BCUT2D eigenvalue weighted by atomic mass is 16.5. The van der Waals surface area contributed by atoms with Crippen LogP contribution >= 0.6 is 0 Å². The summed E-state index contributed by atoms with van der Waals surface area (Å²) in [5.74, 6) is 1.73. The van der Waals surface area contributed by atoms with E-state index in [2.05, 4.69) is 42.3 Å². The van der Waals surface area contributed by atoms with Gasteiger partial charge in [0.05, 0.1) is 7.11 Å². The second-order valence-electron chi connectivity index (χ2n) is 5.85. The van der Waals surface area contributed by atoms with Gasteiger partial charge in [-0.2, -0.15) is 0 Å². The fourth-order valence-electron chi connectivity index (χ4n) is 2.91. The molecule has 2 rings (SSSR count). The van der Waals surface area contributed by atoms with Crippen molar-refractivity contribution >= 4 is 0 Å². The molecule has 0 bridgehead atoms. The first-order valence-corrected chi connectivity index (χ1v) is 7.82. The molecular weight excluding hydrogens is 248 g/mol. The molecule has 1 heterocycles. The summed E-state index contributed by atoms with van der Waals surface area (Å²) in [6.45, 7) is 9.05. The first-order chi connectivity index (χ1) is 9.74. The number of nitrogens with zero attached hydrogens (tertiary/aromatic N) is 1. The maximum Gasteiger partial charge on any atom is 0.123 e. The van der Waals surface area contributed by atoms with Crippen LogP contribution in [0.4, 0.5) is 0 Å². The molecule has 1 aromatic carbocycles. The van der Waals surface area contributed by atoms with Gasteiger partial charge in [0, 0.05) is 24.7 Å². The van der Waals surface area contributed by atoms with E-state index in [-0.39, 0.29) is 0 Å². The van der Waals surface area contributed by atoms with Crippen molar-refractivity contribution in [1.82, 2.24) is 10.2 Å². The molecule has 3 heteroatoms. The molecule has 0 spiro atoms. The lowest BCUT2D eigenvalue weighted by Gasteiger charge is -2.28. The van der Waals surface area contributed by atoms with Gasteiger partial charge < -0.3 is 10.1 Å². The van der Waals surface area contributed by atoms with Crippen LogP contribution in [0.15, 0.2) is 24.3 Å². The summed E-state index contributed by atoms with van der Waals surface area (Å²) in [5.41, 5.74) is 1.29. The smallest absolute Gasteiger partial charge is 0.123 e. The monoisotopic (exact) mass is 276 g/mol. The van der Waals surface area contributed by atoms with Crippen molar-refractivity contribution < 1.29 is 4.74 Å². The second-order valence-corrected chi connectivity index (χ2v) is 5.85. The number of ether oxygens (including phenoxy) is 1. The predicted octanol–water partition coefficient (Wildman–Crippen LogP) is 2.91. The first kappa shape index (κ1) is 15.3. The SMILES string of the molecule is CCC(C)C1CN(Cc2ccccc2OC)CCCN1. The summed E-state index contributed by atoms with van der Waals surface area (Å²) >= 11 is 0. The Morgan fingerprint density at radius 2 is 2.20 bits per heavy atom. The Balaban J connectivity index is 2.03. The van der Waals surface area contributed by atoms with E-state index in [1.165, 1.54) is 18.4 Å². The highest BCUT2D eigenvalue weighted by Crippen LogP contribution is 2.21. The molecule has 0 aliphatic carbocycles. The number of para-hydroxylation sites is 1. The minimum Gasteiger partial charge on any atom is -0.496 e. The van der Waals surface area contributed by atoms with Gasteiger partial charge in [-0.25, -0.2) is 0 Å². The first-order valence-electron chi connectivity index (χ1n) is 7.82. The van der Waals surface area contributed by atoms with E-state index in [1.54, 1.807) is 7.11 Å². The summed E-state index contributed by atoms with van der Waals surface area (Å²) in [6, 6.07) is 8.97. The molecule has 0 saturated carbocycles. The third-order valence-electron chi connectivity index (χ3n) is 4.43. The lowest BCUT2D eigenvalue weighted by Crippen LogP contribution is -2.41. The van der Waals surface area contributed by atoms with Crippen molar-refractivity contribution in [3.8, 4) is 5.75 Å². The van der Waals surface area contributed by atoms with Crippen LogP contribution in [-0.2, 0) is 6.54 Å². The molecule has 112 valence electrons. The van der Waals surface area contributed by atoms with E-state index in [9.17, 15) is 0 Å². The van der Waals surface area contributed by atoms with Gasteiger partial charge in [-0.3, -0.25) is 4.90 Å². The van der Waals surface area contributed by atoms with Gasteiger partial charge in [-0.15, -0.1) is 0 Å². The molecule has 3 nitrogen and oxygen atoms in total. The fraction of sp³-hybridized carbons (Fsp3) is 0.647. The largest absolute Gasteiger partial charge is 0.496 e. The number of benzene rings is 1. The van der Waals surface area contributed by atoms with Gasteiger partial charge in [0.2, 0.25) is 0 Å². The summed E-state index contributed by atoms with van der Waals surface area (Å²) < 4.78 is 5.47. The van der Waals surface area contributed by atoms with E-state index in [4.69, 9.17) is 4.74 Å². The normalized spacial score (nSPS) is 22.2. The van der Waals surface area contributed by atoms with Crippen molar-refractivity contribution in [3.05, 3.63) is 29.8 Å². The molecule has 20 heavy (non-hydrogen) atoms. The molecule has 1 aromatic rings. The Morgan fingerprint density at radius 3 is 2.95 bits per heavy atom. The second kappa shape index (κ2) is 7.65. The highest BCUT2D eigenvalue weighted by molar-refractivity contribution is 5.33. The van der Waals surface area contributed by atoms with E-state index in [1.807, 2.05) is 6.07 Å². The fourth-order valence-corrected chi connectivity index (χ4v) is 2.91. The maximum absolute atomic E-state index is 5.47. The number of nitrogens with one attached hydrogen (secondary N) is 1. The van der Waals surface area contributed by atoms with Crippen LogP contribution in [0.2, 0.25) is 0 Å². The predicted molar refractivity (Wildman–Crippen MR) is 84.1 cm³/mol. The minimum absolute atomic E-state index is 0.609. The average molecular weight is 276 g/mol. The topological polar surface area (TPSA) is 24.5 Å². The molecule has 2 unspecified atom stereocenters. The van der Waals surface area contributed by atoms with Gasteiger partial charge in [0.25, 0.3) is 0 Å². The van der Waals surface area contributed by atoms with Crippen molar-refractivity contribution in [2.75, 3.05) is 26.7 Å². The number of hydrogen-bond acceptors (Lipinski definition) is 3. The van der Waals surface area contributed by atoms with E-state index in [0.717, 1.165) is 37.8 Å². The number of hydrogen-bond donors (Lipinski definition) is 1. The highest BCUT2D eigenvalue weighted by Gasteiger charge is 2.22. The van der Waals surface area contributed by atoms with Gasteiger partial charge in [0.15, 0.2) is 0 Å². The Hall–Kier alpha value is -1.06.